The van der Waals surface area contributed by atoms with E-state index < -0.39 is 5.82 Å². The molecule has 5 nitrogen and oxygen atoms in total. The second kappa shape index (κ2) is 6.48. The topological polar surface area (TPSA) is 56.5 Å². The molecule has 25 heavy (non-hydrogen) atoms. The van der Waals surface area contributed by atoms with Gasteiger partial charge in [0.15, 0.2) is 11.6 Å². The van der Waals surface area contributed by atoms with Crippen molar-refractivity contribution in [2.75, 3.05) is 0 Å². The zero-order chi connectivity index (χ0) is 17.2. The first-order chi connectivity index (χ1) is 12.2. The maximum atomic E-state index is 14.2. The van der Waals surface area contributed by atoms with Crippen LogP contribution in [0.3, 0.4) is 0 Å². The fourth-order valence-electron chi connectivity index (χ4n) is 2.40. The van der Waals surface area contributed by atoms with E-state index in [1.165, 1.54) is 40.4 Å². The van der Waals surface area contributed by atoms with E-state index in [4.69, 9.17) is 0 Å². The van der Waals surface area contributed by atoms with Gasteiger partial charge in [0, 0.05) is 17.1 Å². The minimum absolute atomic E-state index is 0.0628. The molecule has 0 atom stereocenters. The Balaban J connectivity index is 1.84. The summed E-state index contributed by atoms with van der Waals surface area (Å²) in [7, 11) is 0. The third-order valence-electron chi connectivity index (χ3n) is 3.58. The number of aromatic nitrogens is 5. The second-order valence-electron chi connectivity index (χ2n) is 5.22. The molecule has 1 aromatic carbocycles. The number of hydrogen-bond donors (Lipinski definition) is 0. The largest absolute Gasteiger partial charge is 0.250 e. The van der Waals surface area contributed by atoms with Crippen molar-refractivity contribution in [1.29, 1.82) is 0 Å². The SMILES string of the molecule is Fc1ccccc1Cn1nc(-c2cscn2)nc1-c1ncccc1F. The van der Waals surface area contributed by atoms with Crippen LogP contribution in [0.25, 0.3) is 23.0 Å². The summed E-state index contributed by atoms with van der Waals surface area (Å²) in [6.45, 7) is 0.106. The lowest BCUT2D eigenvalue weighted by Gasteiger charge is -2.07. The van der Waals surface area contributed by atoms with Crippen molar-refractivity contribution >= 4 is 11.3 Å². The summed E-state index contributed by atoms with van der Waals surface area (Å²) in [6.07, 6.45) is 1.48. The van der Waals surface area contributed by atoms with E-state index in [2.05, 4.69) is 20.1 Å². The molecule has 0 amide bonds. The maximum absolute atomic E-state index is 14.2. The minimum Gasteiger partial charge on any atom is -0.250 e. The normalized spacial score (nSPS) is 11.0. The van der Waals surface area contributed by atoms with Gasteiger partial charge in [0.25, 0.3) is 0 Å². The van der Waals surface area contributed by atoms with Crippen LogP contribution < -0.4 is 0 Å². The van der Waals surface area contributed by atoms with Crippen LogP contribution in [0, 0.1) is 11.6 Å². The predicted octanol–water partition coefficient (Wildman–Crippen LogP) is 3.79. The standard InChI is InChI=1S/C17H11F2N5S/c18-12-5-2-1-4-11(12)8-24-17(15-13(19)6-3-7-20-15)22-16(23-24)14-9-25-10-21-14/h1-7,9-10H,8H2. The summed E-state index contributed by atoms with van der Waals surface area (Å²) < 4.78 is 29.6. The van der Waals surface area contributed by atoms with Gasteiger partial charge in [-0.15, -0.1) is 16.4 Å². The van der Waals surface area contributed by atoms with Crippen molar-refractivity contribution in [3.8, 4) is 23.0 Å². The molecule has 3 heterocycles. The van der Waals surface area contributed by atoms with Crippen LogP contribution in [-0.4, -0.2) is 24.7 Å². The van der Waals surface area contributed by atoms with E-state index >= 15 is 0 Å². The Labute approximate surface area is 145 Å². The number of pyridine rings is 1. The summed E-state index contributed by atoms with van der Waals surface area (Å²) >= 11 is 1.40. The first-order valence-electron chi connectivity index (χ1n) is 7.40. The Kier molecular flexibility index (Phi) is 4.02. The number of hydrogen-bond acceptors (Lipinski definition) is 5. The molecule has 0 bridgehead atoms. The highest BCUT2D eigenvalue weighted by atomic mass is 32.1. The van der Waals surface area contributed by atoms with Crippen LogP contribution >= 0.6 is 11.3 Å². The van der Waals surface area contributed by atoms with Gasteiger partial charge in [-0.05, 0) is 18.2 Å². The first kappa shape index (κ1) is 15.5. The maximum Gasteiger partial charge on any atom is 0.201 e. The summed E-state index contributed by atoms with van der Waals surface area (Å²) in [5.74, 6) is -0.308. The highest BCUT2D eigenvalue weighted by Crippen LogP contribution is 2.24. The highest BCUT2D eigenvalue weighted by Gasteiger charge is 2.19. The van der Waals surface area contributed by atoms with Crippen molar-refractivity contribution in [2.45, 2.75) is 6.54 Å². The van der Waals surface area contributed by atoms with Gasteiger partial charge in [0.2, 0.25) is 5.82 Å². The Bertz CT molecular complexity index is 1010. The van der Waals surface area contributed by atoms with Gasteiger partial charge < -0.3 is 0 Å². The van der Waals surface area contributed by atoms with E-state index in [1.54, 1.807) is 29.1 Å². The van der Waals surface area contributed by atoms with Crippen molar-refractivity contribution in [3.05, 3.63) is 70.7 Å². The Hall–Kier alpha value is -3.00. The second-order valence-corrected chi connectivity index (χ2v) is 5.93. The molecule has 0 radical (unpaired) electrons. The molecule has 4 rings (SSSR count). The third kappa shape index (κ3) is 3.03. The number of nitrogens with zero attached hydrogens (tertiary/aromatic N) is 5. The van der Waals surface area contributed by atoms with Crippen molar-refractivity contribution < 1.29 is 8.78 Å². The molecule has 0 saturated carbocycles. The zero-order valence-electron chi connectivity index (χ0n) is 12.8. The minimum atomic E-state index is -0.519. The quantitative estimate of drug-likeness (QED) is 0.559. The fourth-order valence-corrected chi connectivity index (χ4v) is 2.93. The van der Waals surface area contributed by atoms with Gasteiger partial charge in [-0.1, -0.05) is 18.2 Å². The number of benzene rings is 1. The van der Waals surface area contributed by atoms with Crippen LogP contribution in [0.2, 0.25) is 0 Å². The van der Waals surface area contributed by atoms with Crippen molar-refractivity contribution in [1.82, 2.24) is 24.7 Å². The summed E-state index contributed by atoms with van der Waals surface area (Å²) in [4.78, 5) is 12.6. The van der Waals surface area contributed by atoms with E-state index in [9.17, 15) is 8.78 Å². The molecule has 8 heteroatoms. The van der Waals surface area contributed by atoms with Crippen LogP contribution in [0.1, 0.15) is 5.56 Å². The van der Waals surface area contributed by atoms with Gasteiger partial charge in [-0.3, -0.25) is 0 Å². The summed E-state index contributed by atoms with van der Waals surface area (Å²) in [6, 6.07) is 9.16. The molecule has 0 saturated heterocycles. The molecule has 0 aliphatic heterocycles. The van der Waals surface area contributed by atoms with Gasteiger partial charge in [0.05, 0.1) is 12.1 Å². The van der Waals surface area contributed by atoms with Gasteiger partial charge in [-0.25, -0.2) is 28.4 Å². The molecule has 4 aromatic rings. The van der Waals surface area contributed by atoms with E-state index in [0.29, 0.717) is 17.1 Å². The van der Waals surface area contributed by atoms with E-state index in [-0.39, 0.29) is 23.9 Å². The van der Waals surface area contributed by atoms with E-state index in [1.807, 2.05) is 0 Å². The fraction of sp³-hybridized carbons (Fsp3) is 0.0588. The van der Waals surface area contributed by atoms with Crippen LogP contribution in [0.5, 0.6) is 0 Å². The average molecular weight is 355 g/mol. The molecular weight excluding hydrogens is 344 g/mol. The molecule has 0 spiro atoms. The summed E-state index contributed by atoms with van der Waals surface area (Å²) in [5, 5.41) is 6.18. The van der Waals surface area contributed by atoms with Gasteiger partial charge in [0.1, 0.15) is 17.2 Å². The lowest BCUT2D eigenvalue weighted by molar-refractivity contribution is 0.583. The zero-order valence-corrected chi connectivity index (χ0v) is 13.6. The summed E-state index contributed by atoms with van der Waals surface area (Å²) in [5.41, 5.74) is 2.73. The molecule has 0 aliphatic carbocycles. The van der Waals surface area contributed by atoms with Gasteiger partial charge >= 0.3 is 0 Å². The highest BCUT2D eigenvalue weighted by molar-refractivity contribution is 7.07. The molecule has 0 fully saturated rings. The molecular formula is C17H11F2N5S. The van der Waals surface area contributed by atoms with Crippen molar-refractivity contribution in [3.63, 3.8) is 0 Å². The van der Waals surface area contributed by atoms with Crippen molar-refractivity contribution in [2.24, 2.45) is 0 Å². The predicted molar refractivity (Wildman–Crippen MR) is 89.8 cm³/mol. The lowest BCUT2D eigenvalue weighted by atomic mass is 10.2. The monoisotopic (exact) mass is 355 g/mol. The van der Waals surface area contributed by atoms with E-state index in [0.717, 1.165) is 0 Å². The molecule has 0 unspecified atom stereocenters. The Morgan fingerprint density at radius 3 is 2.60 bits per heavy atom. The van der Waals surface area contributed by atoms with Crippen LogP contribution in [-0.2, 0) is 6.54 Å². The van der Waals surface area contributed by atoms with Crippen LogP contribution in [0.4, 0.5) is 8.78 Å². The number of rotatable bonds is 4. The Morgan fingerprint density at radius 1 is 1.00 bits per heavy atom. The number of thiazole rings is 1. The molecule has 0 aliphatic rings. The van der Waals surface area contributed by atoms with Gasteiger partial charge in [-0.2, -0.15) is 0 Å². The Morgan fingerprint density at radius 2 is 1.84 bits per heavy atom. The third-order valence-corrected chi connectivity index (χ3v) is 4.17. The molecule has 3 aromatic heterocycles. The van der Waals surface area contributed by atoms with Crippen LogP contribution in [0.15, 0.2) is 53.5 Å². The smallest absolute Gasteiger partial charge is 0.201 e. The molecule has 0 N–H and O–H groups in total. The molecule has 124 valence electrons. The average Bonchev–Trinajstić information content (AvgIpc) is 3.27. The first-order valence-corrected chi connectivity index (χ1v) is 8.34. The lowest BCUT2D eigenvalue weighted by Crippen LogP contribution is -2.07. The number of halogens is 2.